The molecular weight excluding hydrogens is 264 g/mol. The minimum absolute atomic E-state index is 0.149. The Morgan fingerprint density at radius 3 is 2.29 bits per heavy atom. The van der Waals surface area contributed by atoms with Crippen LogP contribution in [0.15, 0.2) is 24.3 Å². The quantitative estimate of drug-likeness (QED) is 0.838. The second kappa shape index (κ2) is 6.06. The van der Waals surface area contributed by atoms with Gasteiger partial charge in [-0.05, 0) is 57.2 Å². The number of piperidine rings is 1. The lowest BCUT2D eigenvalue weighted by Gasteiger charge is -2.38. The van der Waals surface area contributed by atoms with Crippen LogP contribution in [0.4, 0.5) is 5.69 Å². The molecule has 1 aliphatic rings. The fourth-order valence-corrected chi connectivity index (χ4v) is 3.00. The first-order valence-corrected chi connectivity index (χ1v) is 7.66. The van der Waals surface area contributed by atoms with E-state index in [1.807, 2.05) is 49.9 Å². The van der Waals surface area contributed by atoms with Gasteiger partial charge in [-0.1, -0.05) is 12.1 Å². The Bertz CT molecular complexity index is 486. The third kappa shape index (κ3) is 3.38. The van der Waals surface area contributed by atoms with Gasteiger partial charge >= 0.3 is 0 Å². The molecule has 21 heavy (non-hydrogen) atoms. The molecule has 1 aromatic carbocycles. The molecule has 0 spiro atoms. The van der Waals surface area contributed by atoms with Crippen LogP contribution in [0.1, 0.15) is 39.2 Å². The van der Waals surface area contributed by atoms with Gasteiger partial charge in [-0.15, -0.1) is 0 Å². The normalized spacial score (nSPS) is 18.6. The van der Waals surface area contributed by atoms with E-state index in [-0.39, 0.29) is 12.0 Å². The maximum absolute atomic E-state index is 12.8. The molecule has 1 unspecified atom stereocenters. The number of rotatable bonds is 3. The van der Waals surface area contributed by atoms with Crippen LogP contribution >= 0.6 is 0 Å². The average Bonchev–Trinajstić information content (AvgIpc) is 2.47. The van der Waals surface area contributed by atoms with Gasteiger partial charge in [0, 0.05) is 18.8 Å². The predicted octanol–water partition coefficient (Wildman–Crippen LogP) is 2.17. The van der Waals surface area contributed by atoms with Crippen molar-refractivity contribution in [1.29, 1.82) is 0 Å². The van der Waals surface area contributed by atoms with Crippen molar-refractivity contribution in [3.63, 3.8) is 0 Å². The molecule has 116 valence electrons. The molecule has 1 heterocycles. The number of nitrogen functional groups attached to an aromatic ring is 1. The molecule has 0 radical (unpaired) electrons. The van der Waals surface area contributed by atoms with E-state index in [2.05, 4.69) is 0 Å². The molecule has 0 aromatic heterocycles. The highest BCUT2D eigenvalue weighted by Crippen LogP contribution is 2.29. The Balaban J connectivity index is 2.07. The highest BCUT2D eigenvalue weighted by Gasteiger charge is 2.35. The maximum atomic E-state index is 12.8. The van der Waals surface area contributed by atoms with Crippen LogP contribution in [-0.2, 0) is 10.2 Å². The second-order valence-electron chi connectivity index (χ2n) is 6.62. The predicted molar refractivity (Wildman–Crippen MR) is 84.9 cm³/mol. The first-order chi connectivity index (χ1) is 9.82. The smallest absolute Gasteiger partial charge is 0.232 e. The van der Waals surface area contributed by atoms with E-state index in [1.165, 1.54) is 0 Å². The third-order valence-corrected chi connectivity index (χ3v) is 4.68. The Labute approximate surface area is 126 Å². The summed E-state index contributed by atoms with van der Waals surface area (Å²) in [5.74, 6) is 0.463. The molecule has 1 aliphatic heterocycles. The summed E-state index contributed by atoms with van der Waals surface area (Å²) < 4.78 is 0. The molecule has 0 saturated carbocycles. The SMILES string of the molecule is CC(O)C1CCN(C(=O)C(C)(C)c2ccc(N)cc2)CC1. The van der Waals surface area contributed by atoms with Gasteiger partial charge in [0.05, 0.1) is 11.5 Å². The second-order valence-corrected chi connectivity index (χ2v) is 6.62. The lowest BCUT2D eigenvalue weighted by atomic mass is 9.82. The summed E-state index contributed by atoms with van der Waals surface area (Å²) in [5, 5.41) is 9.65. The Morgan fingerprint density at radius 1 is 1.29 bits per heavy atom. The minimum Gasteiger partial charge on any atom is -0.399 e. The highest BCUT2D eigenvalue weighted by atomic mass is 16.3. The number of hydrogen-bond donors (Lipinski definition) is 2. The summed E-state index contributed by atoms with van der Waals surface area (Å²) in [6, 6.07) is 7.53. The summed E-state index contributed by atoms with van der Waals surface area (Å²) in [7, 11) is 0. The van der Waals surface area contributed by atoms with E-state index < -0.39 is 5.41 Å². The summed E-state index contributed by atoms with van der Waals surface area (Å²) in [6.45, 7) is 7.21. The number of likely N-dealkylation sites (tertiary alicyclic amines) is 1. The fraction of sp³-hybridized carbons (Fsp3) is 0.588. The Hall–Kier alpha value is -1.55. The molecule has 1 atom stereocenters. The number of hydrogen-bond acceptors (Lipinski definition) is 3. The number of benzene rings is 1. The molecule has 3 N–H and O–H groups in total. The monoisotopic (exact) mass is 290 g/mol. The van der Waals surface area contributed by atoms with E-state index in [0.717, 1.165) is 31.5 Å². The van der Waals surface area contributed by atoms with Crippen molar-refractivity contribution in [2.24, 2.45) is 5.92 Å². The standard InChI is InChI=1S/C17H26N2O2/c1-12(20)13-8-10-19(11-9-13)16(21)17(2,3)14-4-6-15(18)7-5-14/h4-7,12-13,20H,8-11,18H2,1-3H3. The summed E-state index contributed by atoms with van der Waals surface area (Å²) in [4.78, 5) is 14.7. The van der Waals surface area contributed by atoms with E-state index >= 15 is 0 Å². The molecule has 4 heteroatoms. The number of nitrogens with two attached hydrogens (primary N) is 1. The number of amides is 1. The van der Waals surface area contributed by atoms with E-state index in [4.69, 9.17) is 5.73 Å². The Kier molecular flexibility index (Phi) is 4.57. The number of carbonyl (C=O) groups is 1. The molecule has 0 bridgehead atoms. The molecule has 4 nitrogen and oxygen atoms in total. The molecule has 0 aliphatic carbocycles. The van der Waals surface area contributed by atoms with Gasteiger partial charge in [-0.2, -0.15) is 0 Å². The van der Waals surface area contributed by atoms with Crippen LogP contribution < -0.4 is 5.73 Å². The van der Waals surface area contributed by atoms with Gasteiger partial charge in [0.25, 0.3) is 0 Å². The van der Waals surface area contributed by atoms with Crippen molar-refractivity contribution in [2.45, 2.75) is 45.1 Å². The van der Waals surface area contributed by atoms with Crippen LogP contribution in [0, 0.1) is 5.92 Å². The van der Waals surface area contributed by atoms with E-state index in [9.17, 15) is 9.90 Å². The molecule has 2 rings (SSSR count). The lowest BCUT2D eigenvalue weighted by molar-refractivity contribution is -0.138. The topological polar surface area (TPSA) is 66.6 Å². The minimum atomic E-state index is -0.550. The summed E-state index contributed by atoms with van der Waals surface area (Å²) >= 11 is 0. The van der Waals surface area contributed by atoms with Gasteiger partial charge in [-0.25, -0.2) is 0 Å². The number of anilines is 1. The molecule has 1 amide bonds. The van der Waals surface area contributed by atoms with Crippen molar-refractivity contribution >= 4 is 11.6 Å². The zero-order chi connectivity index (χ0) is 15.6. The van der Waals surface area contributed by atoms with E-state index in [0.29, 0.717) is 11.6 Å². The lowest BCUT2D eigenvalue weighted by Crippen LogP contribution is -2.48. The van der Waals surface area contributed by atoms with Gasteiger partial charge in [0.1, 0.15) is 0 Å². The van der Waals surface area contributed by atoms with Crippen LogP contribution in [0.2, 0.25) is 0 Å². The van der Waals surface area contributed by atoms with Crippen LogP contribution in [0.5, 0.6) is 0 Å². The molecular formula is C17H26N2O2. The van der Waals surface area contributed by atoms with Crippen molar-refractivity contribution in [3.05, 3.63) is 29.8 Å². The fourth-order valence-electron chi connectivity index (χ4n) is 3.00. The molecule has 1 aromatic rings. The maximum Gasteiger partial charge on any atom is 0.232 e. The summed E-state index contributed by atoms with van der Waals surface area (Å²) in [6.07, 6.45) is 1.47. The molecule has 1 saturated heterocycles. The average molecular weight is 290 g/mol. The van der Waals surface area contributed by atoms with Crippen molar-refractivity contribution in [2.75, 3.05) is 18.8 Å². The van der Waals surface area contributed by atoms with Crippen molar-refractivity contribution in [3.8, 4) is 0 Å². The third-order valence-electron chi connectivity index (χ3n) is 4.68. The van der Waals surface area contributed by atoms with Crippen LogP contribution in [-0.4, -0.2) is 35.1 Å². The first-order valence-electron chi connectivity index (χ1n) is 7.66. The van der Waals surface area contributed by atoms with Crippen molar-refractivity contribution < 1.29 is 9.90 Å². The highest BCUT2D eigenvalue weighted by molar-refractivity contribution is 5.87. The van der Waals surface area contributed by atoms with E-state index in [1.54, 1.807) is 0 Å². The zero-order valence-electron chi connectivity index (χ0n) is 13.2. The first kappa shape index (κ1) is 15.8. The van der Waals surface area contributed by atoms with Crippen molar-refractivity contribution in [1.82, 2.24) is 4.90 Å². The van der Waals surface area contributed by atoms with Gasteiger partial charge in [-0.3, -0.25) is 4.79 Å². The largest absolute Gasteiger partial charge is 0.399 e. The molecule has 1 fully saturated rings. The number of nitrogens with zero attached hydrogens (tertiary/aromatic N) is 1. The zero-order valence-corrected chi connectivity index (χ0v) is 13.2. The van der Waals surface area contributed by atoms with Crippen LogP contribution in [0.3, 0.4) is 0 Å². The van der Waals surface area contributed by atoms with Crippen LogP contribution in [0.25, 0.3) is 0 Å². The van der Waals surface area contributed by atoms with Gasteiger partial charge < -0.3 is 15.7 Å². The van der Waals surface area contributed by atoms with Gasteiger partial charge in [0.15, 0.2) is 0 Å². The number of aliphatic hydroxyl groups is 1. The summed E-state index contributed by atoms with van der Waals surface area (Å²) in [5.41, 5.74) is 6.86. The number of carbonyl (C=O) groups excluding carboxylic acids is 1. The number of aliphatic hydroxyl groups excluding tert-OH is 1. The van der Waals surface area contributed by atoms with Gasteiger partial charge in [0.2, 0.25) is 5.91 Å². The Morgan fingerprint density at radius 2 is 1.81 bits per heavy atom.